The number of likely N-dealkylation sites (N-methyl/N-ethyl adjacent to an activating group) is 1. The molecule has 1 aromatic carbocycles. The van der Waals surface area contributed by atoms with E-state index in [1.54, 1.807) is 27.8 Å². The Morgan fingerprint density at radius 3 is 2.64 bits per heavy atom. The van der Waals surface area contributed by atoms with E-state index in [4.69, 9.17) is 28.9 Å². The maximum Gasteiger partial charge on any atom is 0.242 e. The van der Waals surface area contributed by atoms with Crippen molar-refractivity contribution in [2.75, 3.05) is 27.2 Å². The van der Waals surface area contributed by atoms with Crippen LogP contribution in [0.5, 0.6) is 5.88 Å². The molecule has 0 saturated carbocycles. The molecule has 2 aromatic heterocycles. The number of aryl methyl sites for hydroxylation is 1. The molecule has 1 saturated heterocycles. The molecule has 1 aliphatic heterocycles. The Balaban J connectivity index is 1.74. The number of aromatic nitrogens is 2. The Morgan fingerprint density at radius 2 is 2.00 bits per heavy atom. The number of likely N-dealkylation sites (tertiary alicyclic amines) is 1. The molecule has 9 heteroatoms. The summed E-state index contributed by atoms with van der Waals surface area (Å²) in [4.78, 5) is 21.7. The number of amides is 1. The number of fused-ring (bicyclic) bond motifs is 1. The van der Waals surface area contributed by atoms with Gasteiger partial charge in [-0.15, -0.1) is 0 Å². The van der Waals surface area contributed by atoms with Gasteiger partial charge in [-0.1, -0.05) is 29.3 Å². The monoisotopic (exact) mass is 489 g/mol. The van der Waals surface area contributed by atoms with Crippen LogP contribution in [0, 0.1) is 6.92 Å². The third kappa shape index (κ3) is 4.55. The quantitative estimate of drug-likeness (QED) is 0.564. The van der Waals surface area contributed by atoms with Gasteiger partial charge in [0, 0.05) is 58.1 Å². The summed E-state index contributed by atoms with van der Waals surface area (Å²) >= 11 is 12.6. The van der Waals surface area contributed by atoms with Gasteiger partial charge in [0.05, 0.1) is 0 Å². The van der Waals surface area contributed by atoms with Gasteiger partial charge in [0.1, 0.15) is 12.1 Å². The predicted octanol–water partition coefficient (Wildman–Crippen LogP) is 4.04. The number of carbonyl (C=O) groups excluding carboxylic acids is 1. The predicted molar refractivity (Wildman–Crippen MR) is 133 cm³/mol. The maximum absolute atomic E-state index is 13.1. The molecule has 3 aromatic rings. The molecular weight excluding hydrogens is 461 g/mol. The summed E-state index contributed by atoms with van der Waals surface area (Å²) in [5.74, 6) is -0.102. The fourth-order valence-corrected chi connectivity index (χ4v) is 5.12. The second-order valence-corrected chi connectivity index (χ2v) is 9.60. The van der Waals surface area contributed by atoms with Crippen molar-refractivity contribution in [3.05, 3.63) is 45.7 Å². The van der Waals surface area contributed by atoms with Crippen molar-refractivity contribution in [3.8, 4) is 17.0 Å². The van der Waals surface area contributed by atoms with E-state index in [2.05, 4.69) is 16.9 Å². The van der Waals surface area contributed by atoms with Crippen LogP contribution in [0.3, 0.4) is 0 Å². The highest BCUT2D eigenvalue weighted by Gasteiger charge is 2.26. The van der Waals surface area contributed by atoms with Crippen LogP contribution in [0.2, 0.25) is 10.0 Å². The smallest absolute Gasteiger partial charge is 0.242 e. The average Bonchev–Trinajstić information content (AvgIpc) is 3.08. The molecule has 0 bridgehead atoms. The number of hydrogen-bond donors (Lipinski definition) is 2. The molecule has 0 atom stereocenters. The minimum atomic E-state index is -0.0537. The lowest BCUT2D eigenvalue weighted by atomic mass is 9.96. The molecule has 0 radical (unpaired) electrons. The van der Waals surface area contributed by atoms with Crippen molar-refractivity contribution < 1.29 is 9.90 Å². The first-order valence-corrected chi connectivity index (χ1v) is 11.8. The summed E-state index contributed by atoms with van der Waals surface area (Å²) in [5.41, 5.74) is 9.58. The molecule has 33 heavy (non-hydrogen) atoms. The van der Waals surface area contributed by atoms with Gasteiger partial charge in [-0.3, -0.25) is 4.79 Å². The molecule has 1 fully saturated rings. The Bertz CT molecular complexity index is 1200. The number of nitrogens with two attached hydrogens (primary N) is 1. The number of nitrogens with zero attached hydrogens (tertiary/aromatic N) is 4. The number of hydrogen-bond acceptors (Lipinski definition) is 5. The van der Waals surface area contributed by atoms with Crippen molar-refractivity contribution in [2.45, 2.75) is 38.9 Å². The van der Waals surface area contributed by atoms with Gasteiger partial charge < -0.3 is 25.2 Å². The number of piperidine rings is 1. The van der Waals surface area contributed by atoms with E-state index < -0.39 is 0 Å². The molecule has 3 heterocycles. The van der Waals surface area contributed by atoms with Crippen LogP contribution in [0.25, 0.3) is 22.0 Å². The Morgan fingerprint density at radius 1 is 1.30 bits per heavy atom. The van der Waals surface area contributed by atoms with Crippen molar-refractivity contribution in [3.63, 3.8) is 0 Å². The third-order valence-corrected chi connectivity index (χ3v) is 7.20. The highest BCUT2D eigenvalue weighted by Crippen LogP contribution is 2.41. The first-order chi connectivity index (χ1) is 15.7. The van der Waals surface area contributed by atoms with E-state index in [0.29, 0.717) is 26.6 Å². The number of halogens is 2. The molecular formula is C24H29Cl2N5O2. The van der Waals surface area contributed by atoms with Crippen molar-refractivity contribution in [1.82, 2.24) is 19.4 Å². The van der Waals surface area contributed by atoms with Crippen LogP contribution in [0.15, 0.2) is 24.4 Å². The number of aromatic hydroxyl groups is 1. The summed E-state index contributed by atoms with van der Waals surface area (Å²) < 4.78 is 1.55. The lowest BCUT2D eigenvalue weighted by Crippen LogP contribution is -2.45. The van der Waals surface area contributed by atoms with E-state index >= 15 is 0 Å². The summed E-state index contributed by atoms with van der Waals surface area (Å²) in [6.07, 6.45) is 3.65. The zero-order chi connectivity index (χ0) is 23.9. The van der Waals surface area contributed by atoms with Crippen molar-refractivity contribution >= 4 is 40.0 Å². The number of benzene rings is 1. The van der Waals surface area contributed by atoms with Crippen molar-refractivity contribution in [1.29, 1.82) is 0 Å². The molecule has 0 unspecified atom stereocenters. The van der Waals surface area contributed by atoms with Crippen molar-refractivity contribution in [2.24, 2.45) is 5.73 Å². The van der Waals surface area contributed by atoms with Crippen LogP contribution in [-0.4, -0.2) is 63.6 Å². The van der Waals surface area contributed by atoms with Crippen LogP contribution in [-0.2, 0) is 17.9 Å². The van der Waals surface area contributed by atoms with E-state index in [1.165, 1.54) is 0 Å². The normalized spacial score (nSPS) is 15.3. The summed E-state index contributed by atoms with van der Waals surface area (Å²) in [6.45, 7) is 4.07. The minimum Gasteiger partial charge on any atom is -0.493 e. The lowest BCUT2D eigenvalue weighted by Gasteiger charge is -2.35. The maximum atomic E-state index is 13.1. The van der Waals surface area contributed by atoms with Crippen LogP contribution in [0.1, 0.15) is 24.1 Å². The van der Waals surface area contributed by atoms with Crippen LogP contribution < -0.4 is 5.73 Å². The third-order valence-electron chi connectivity index (χ3n) is 6.65. The Hall–Kier alpha value is -2.32. The first-order valence-electron chi connectivity index (χ1n) is 11.0. The van der Waals surface area contributed by atoms with Crippen LogP contribution >= 0.6 is 23.2 Å². The average molecular weight is 490 g/mol. The van der Waals surface area contributed by atoms with Gasteiger partial charge in [-0.05, 0) is 57.6 Å². The number of rotatable bonds is 5. The molecule has 7 nitrogen and oxygen atoms in total. The highest BCUT2D eigenvalue weighted by atomic mass is 35.5. The van der Waals surface area contributed by atoms with Gasteiger partial charge >= 0.3 is 0 Å². The first kappa shape index (κ1) is 23.8. The van der Waals surface area contributed by atoms with E-state index in [1.807, 2.05) is 20.0 Å². The standard InChI is InChI=1S/C24H29Cl2N5O2/c1-14-18(11-27)22(17-5-4-15(25)10-20(17)26)19-12-31(24(33)23(19)28-14)13-21(32)30(3)16-6-8-29(2)9-7-16/h4-5,10,12,16,33H,6-9,11,13,27H2,1-3H3. The largest absolute Gasteiger partial charge is 0.493 e. The van der Waals surface area contributed by atoms with Gasteiger partial charge in [0.15, 0.2) is 0 Å². The Kier molecular flexibility index (Phi) is 6.86. The SMILES string of the molecule is Cc1nc2c(O)n(CC(=O)N(C)C3CCN(C)CC3)cc2c(-c2ccc(Cl)cc2Cl)c1CN. The molecule has 1 amide bonds. The van der Waals surface area contributed by atoms with Gasteiger partial charge in [0.25, 0.3) is 0 Å². The number of carbonyl (C=O) groups is 1. The minimum absolute atomic E-state index is 0.0236. The van der Waals surface area contributed by atoms with Gasteiger partial charge in [-0.25, -0.2) is 4.98 Å². The molecule has 1 aliphatic rings. The van der Waals surface area contributed by atoms with E-state index in [-0.39, 0.29) is 30.9 Å². The summed E-state index contributed by atoms with van der Waals surface area (Å²) in [5, 5.41) is 12.7. The lowest BCUT2D eigenvalue weighted by molar-refractivity contribution is -0.133. The fraction of sp³-hybridized carbons (Fsp3) is 0.417. The molecule has 4 rings (SSSR count). The second kappa shape index (κ2) is 9.50. The highest BCUT2D eigenvalue weighted by molar-refractivity contribution is 6.36. The van der Waals surface area contributed by atoms with Gasteiger partial charge in [0.2, 0.25) is 11.8 Å². The van der Waals surface area contributed by atoms with E-state index in [0.717, 1.165) is 42.6 Å². The molecule has 0 aliphatic carbocycles. The fourth-order valence-electron chi connectivity index (χ4n) is 4.62. The van der Waals surface area contributed by atoms with E-state index in [9.17, 15) is 9.90 Å². The van der Waals surface area contributed by atoms with Crippen LogP contribution in [0.4, 0.5) is 0 Å². The summed E-state index contributed by atoms with van der Waals surface area (Å²) in [7, 11) is 3.93. The molecule has 176 valence electrons. The van der Waals surface area contributed by atoms with Gasteiger partial charge in [-0.2, -0.15) is 0 Å². The topological polar surface area (TPSA) is 87.6 Å². The zero-order valence-corrected chi connectivity index (χ0v) is 20.6. The molecule has 0 spiro atoms. The summed E-state index contributed by atoms with van der Waals surface area (Å²) in [6, 6.07) is 5.48. The molecule has 3 N–H and O–H groups in total. The number of pyridine rings is 1. The second-order valence-electron chi connectivity index (χ2n) is 8.76. The zero-order valence-electron chi connectivity index (χ0n) is 19.1. The Labute approximate surface area is 203 Å².